The number of aromatic nitrogens is 1. The second-order valence-corrected chi connectivity index (χ2v) is 9.32. The van der Waals surface area contributed by atoms with E-state index in [1.54, 1.807) is 49.8 Å². The molecule has 0 bridgehead atoms. The van der Waals surface area contributed by atoms with Gasteiger partial charge >= 0.3 is 5.97 Å². The predicted octanol–water partition coefficient (Wildman–Crippen LogP) is 3.77. The summed E-state index contributed by atoms with van der Waals surface area (Å²) in [5, 5.41) is 0. The number of esters is 1. The minimum absolute atomic E-state index is 0.213. The molecule has 3 aromatic rings. The lowest BCUT2D eigenvalue weighted by Crippen LogP contribution is -2.39. The van der Waals surface area contributed by atoms with Gasteiger partial charge in [0.15, 0.2) is 16.3 Å². The van der Waals surface area contributed by atoms with Gasteiger partial charge in [-0.2, -0.15) is 0 Å². The quantitative estimate of drug-likeness (QED) is 0.291. The van der Waals surface area contributed by atoms with Crippen molar-refractivity contribution in [3.05, 3.63) is 97.2 Å². The number of allylic oxidation sites excluding steroid dienone is 1. The van der Waals surface area contributed by atoms with E-state index in [1.165, 1.54) is 11.3 Å². The van der Waals surface area contributed by atoms with E-state index >= 15 is 0 Å². The number of hydrogen-bond donors (Lipinski definition) is 0. The molecular weight excluding hydrogens is 504 g/mol. The number of methoxy groups -OCH3 is 1. The van der Waals surface area contributed by atoms with Crippen LogP contribution in [0.2, 0.25) is 0 Å². The van der Waals surface area contributed by atoms with Crippen molar-refractivity contribution in [3.8, 4) is 17.2 Å². The fourth-order valence-corrected chi connectivity index (χ4v) is 5.26. The van der Waals surface area contributed by atoms with Crippen molar-refractivity contribution in [3.63, 3.8) is 0 Å². The minimum atomic E-state index is -0.688. The molecule has 1 aromatic heterocycles. The van der Waals surface area contributed by atoms with Crippen molar-refractivity contribution in [2.45, 2.75) is 26.8 Å². The normalized spacial score (nSPS) is 14.9. The van der Waals surface area contributed by atoms with Crippen molar-refractivity contribution >= 4 is 23.4 Å². The fraction of sp³-hybridized carbons (Fsp3) is 0.276. The summed E-state index contributed by atoms with van der Waals surface area (Å²) in [6, 6.07) is 12.1. The first-order valence-corrected chi connectivity index (χ1v) is 13.1. The van der Waals surface area contributed by atoms with Gasteiger partial charge in [-0.1, -0.05) is 42.2 Å². The third-order valence-corrected chi connectivity index (χ3v) is 6.85. The summed E-state index contributed by atoms with van der Waals surface area (Å²) < 4.78 is 24.1. The Hall–Kier alpha value is -4.11. The van der Waals surface area contributed by atoms with E-state index < -0.39 is 12.0 Å². The van der Waals surface area contributed by atoms with Gasteiger partial charge in [-0.15, -0.1) is 0 Å². The Labute approximate surface area is 224 Å². The molecule has 2 aromatic carbocycles. The molecule has 1 atom stereocenters. The van der Waals surface area contributed by atoms with Gasteiger partial charge in [0.05, 0.1) is 42.2 Å². The fourth-order valence-electron chi connectivity index (χ4n) is 4.21. The van der Waals surface area contributed by atoms with Crippen LogP contribution in [0.25, 0.3) is 6.08 Å². The molecule has 0 radical (unpaired) electrons. The lowest BCUT2D eigenvalue weighted by Gasteiger charge is -2.24. The first-order valence-electron chi connectivity index (χ1n) is 12.3. The summed E-state index contributed by atoms with van der Waals surface area (Å²) in [7, 11) is 1.56. The molecule has 0 amide bonds. The summed E-state index contributed by atoms with van der Waals surface area (Å²) in [6.45, 7) is 10.2. The number of fused-ring (bicyclic) bond motifs is 1. The zero-order valence-corrected chi connectivity index (χ0v) is 22.7. The molecule has 0 fully saturated rings. The largest absolute Gasteiger partial charge is 0.494 e. The number of carbonyl (C=O) groups excluding carboxylic acids is 1. The van der Waals surface area contributed by atoms with E-state index in [1.807, 2.05) is 37.3 Å². The van der Waals surface area contributed by atoms with Crippen LogP contribution in [0.5, 0.6) is 17.2 Å². The first-order chi connectivity index (χ1) is 18.4. The number of nitrogens with zero attached hydrogens (tertiary/aromatic N) is 2. The van der Waals surface area contributed by atoms with E-state index in [4.69, 9.17) is 18.9 Å². The number of rotatable bonds is 10. The van der Waals surface area contributed by atoms with Crippen LogP contribution in [-0.2, 0) is 9.53 Å². The van der Waals surface area contributed by atoms with E-state index in [-0.39, 0.29) is 12.2 Å². The van der Waals surface area contributed by atoms with Crippen molar-refractivity contribution in [1.82, 2.24) is 4.57 Å². The predicted molar refractivity (Wildman–Crippen MR) is 147 cm³/mol. The summed E-state index contributed by atoms with van der Waals surface area (Å²) in [5.41, 5.74) is 2.11. The Bertz CT molecular complexity index is 1550. The van der Waals surface area contributed by atoms with Gasteiger partial charge in [0.25, 0.3) is 5.56 Å². The van der Waals surface area contributed by atoms with Crippen molar-refractivity contribution in [1.29, 1.82) is 0 Å². The molecule has 0 unspecified atom stereocenters. The lowest BCUT2D eigenvalue weighted by molar-refractivity contribution is -0.139. The van der Waals surface area contributed by atoms with Crippen LogP contribution in [-0.4, -0.2) is 37.5 Å². The number of carbonyl (C=O) groups is 1. The number of benzene rings is 2. The van der Waals surface area contributed by atoms with E-state index in [0.717, 1.165) is 11.1 Å². The van der Waals surface area contributed by atoms with Gasteiger partial charge in [-0.05, 0) is 62.2 Å². The van der Waals surface area contributed by atoms with Crippen molar-refractivity contribution < 1.29 is 23.7 Å². The monoisotopic (exact) mass is 534 g/mol. The molecule has 38 heavy (non-hydrogen) atoms. The van der Waals surface area contributed by atoms with Crippen LogP contribution in [0.1, 0.15) is 37.9 Å². The Morgan fingerprint density at radius 3 is 2.53 bits per heavy atom. The average molecular weight is 535 g/mol. The molecule has 9 heteroatoms. The third kappa shape index (κ3) is 5.43. The molecule has 1 aliphatic rings. The van der Waals surface area contributed by atoms with E-state index in [9.17, 15) is 9.59 Å². The minimum Gasteiger partial charge on any atom is -0.494 e. The van der Waals surface area contributed by atoms with Crippen molar-refractivity contribution in [2.75, 3.05) is 26.9 Å². The molecule has 8 nitrogen and oxygen atoms in total. The number of hydrogen-bond acceptors (Lipinski definition) is 8. The summed E-state index contributed by atoms with van der Waals surface area (Å²) >= 11 is 1.26. The average Bonchev–Trinajstić information content (AvgIpc) is 3.21. The second-order valence-electron chi connectivity index (χ2n) is 8.31. The molecule has 4 rings (SSSR count). The molecule has 198 valence electrons. The maximum Gasteiger partial charge on any atom is 0.338 e. The number of ether oxygens (including phenoxy) is 4. The maximum absolute atomic E-state index is 13.8. The SMILES string of the molecule is C=CCOc1ccc(/C=c2\sc3n(c2=O)[C@H](c2ccc(OCC)cc2)C(C(=O)OCC)=C(C)N=3)cc1OC. The molecule has 1 aliphatic heterocycles. The molecule has 0 saturated carbocycles. The molecule has 2 heterocycles. The van der Waals surface area contributed by atoms with Crippen LogP contribution in [0.15, 0.2) is 76.2 Å². The van der Waals surface area contributed by atoms with Gasteiger partial charge in [-0.25, -0.2) is 9.79 Å². The Morgan fingerprint density at radius 1 is 1.11 bits per heavy atom. The van der Waals surface area contributed by atoms with Crippen molar-refractivity contribution in [2.24, 2.45) is 4.99 Å². The standard InChI is InChI=1S/C29H30N2O6S/c1-6-15-37-22-14-9-19(16-23(22)34-5)17-24-27(32)31-26(20-10-12-21(13-11-20)35-7-2)25(28(33)36-8-3)18(4)30-29(31)38-24/h6,9-14,16-17,26H,1,7-8,15H2,2-5H3/b24-17-/t26-/m1/s1. The summed E-state index contributed by atoms with van der Waals surface area (Å²) in [6.07, 6.45) is 3.43. The number of thiazole rings is 1. The Kier molecular flexibility index (Phi) is 8.48. The summed E-state index contributed by atoms with van der Waals surface area (Å²) in [4.78, 5) is 31.9. The third-order valence-electron chi connectivity index (χ3n) is 5.87. The second kappa shape index (κ2) is 12.0. The smallest absolute Gasteiger partial charge is 0.338 e. The van der Waals surface area contributed by atoms with E-state index in [2.05, 4.69) is 11.6 Å². The first kappa shape index (κ1) is 26.9. The van der Waals surface area contributed by atoms with Gasteiger partial charge in [0, 0.05) is 0 Å². The van der Waals surface area contributed by atoms with Crippen LogP contribution in [0.4, 0.5) is 0 Å². The topological polar surface area (TPSA) is 88.4 Å². The van der Waals surface area contributed by atoms with Crippen LogP contribution in [0, 0.1) is 0 Å². The highest BCUT2D eigenvalue weighted by Gasteiger charge is 2.33. The van der Waals surface area contributed by atoms with Gasteiger partial charge in [0.1, 0.15) is 12.4 Å². The van der Waals surface area contributed by atoms with Crippen LogP contribution in [0.3, 0.4) is 0 Å². The molecule has 0 spiro atoms. The van der Waals surface area contributed by atoms with E-state index in [0.29, 0.717) is 51.1 Å². The zero-order valence-electron chi connectivity index (χ0n) is 21.9. The van der Waals surface area contributed by atoms with Crippen LogP contribution < -0.4 is 29.1 Å². The van der Waals surface area contributed by atoms with Gasteiger partial charge in [0.2, 0.25) is 0 Å². The Morgan fingerprint density at radius 2 is 1.87 bits per heavy atom. The van der Waals surface area contributed by atoms with Gasteiger partial charge < -0.3 is 18.9 Å². The molecule has 0 N–H and O–H groups in total. The van der Waals surface area contributed by atoms with Gasteiger partial charge in [-0.3, -0.25) is 9.36 Å². The maximum atomic E-state index is 13.8. The Balaban J connectivity index is 1.85. The molecular formula is C29H30N2O6S. The van der Waals surface area contributed by atoms with Crippen LogP contribution >= 0.6 is 11.3 Å². The molecule has 0 saturated heterocycles. The zero-order chi connectivity index (χ0) is 27.2. The highest BCUT2D eigenvalue weighted by molar-refractivity contribution is 7.07. The summed E-state index contributed by atoms with van der Waals surface area (Å²) in [5.74, 6) is 1.33. The highest BCUT2D eigenvalue weighted by atomic mass is 32.1. The lowest BCUT2D eigenvalue weighted by atomic mass is 9.96. The molecule has 0 aliphatic carbocycles. The highest BCUT2D eigenvalue weighted by Crippen LogP contribution is 2.32.